The third-order valence-corrected chi connectivity index (χ3v) is 5.24. The molecular weight excluding hydrogens is 378 g/mol. The molecule has 7 nitrogen and oxygen atoms in total. The normalized spacial score (nSPS) is 11.9. The van der Waals surface area contributed by atoms with Crippen LogP contribution < -0.4 is 10.1 Å². The van der Waals surface area contributed by atoms with Crippen molar-refractivity contribution in [1.29, 1.82) is 0 Å². The van der Waals surface area contributed by atoms with Crippen molar-refractivity contribution in [2.24, 2.45) is 0 Å². The molecule has 2 aromatic rings. The number of nitro benzene ring substituents is 1. The highest BCUT2D eigenvalue weighted by Crippen LogP contribution is 2.34. The summed E-state index contributed by atoms with van der Waals surface area (Å²) in [5, 5.41) is 14.3. The number of ether oxygens (including phenoxy) is 1. The SMILES string of the molecule is COc1cc([N+](=O)[O-])c(C(=O)NCC(c2ccc(C)cc2)N(C)C)cc1SC. The first-order valence-electron chi connectivity index (χ1n) is 8.70. The Balaban J connectivity index is 2.27. The zero-order chi connectivity index (χ0) is 20.8. The number of amides is 1. The van der Waals surface area contributed by atoms with Gasteiger partial charge in [-0.15, -0.1) is 11.8 Å². The second-order valence-electron chi connectivity index (χ2n) is 6.58. The van der Waals surface area contributed by atoms with Crippen molar-refractivity contribution in [2.45, 2.75) is 17.9 Å². The summed E-state index contributed by atoms with van der Waals surface area (Å²) in [6.07, 6.45) is 1.82. The first-order valence-corrected chi connectivity index (χ1v) is 9.92. The van der Waals surface area contributed by atoms with Gasteiger partial charge in [-0.1, -0.05) is 29.8 Å². The van der Waals surface area contributed by atoms with Crippen LogP contribution in [0.15, 0.2) is 41.3 Å². The number of carbonyl (C=O) groups is 1. The van der Waals surface area contributed by atoms with E-state index in [1.54, 1.807) is 0 Å². The van der Waals surface area contributed by atoms with Crippen LogP contribution in [0.4, 0.5) is 5.69 Å². The number of hydrogen-bond acceptors (Lipinski definition) is 6. The van der Waals surface area contributed by atoms with Crippen LogP contribution >= 0.6 is 11.8 Å². The molecule has 0 bridgehead atoms. The van der Waals surface area contributed by atoms with Crippen molar-refractivity contribution >= 4 is 23.4 Å². The second-order valence-corrected chi connectivity index (χ2v) is 7.43. The van der Waals surface area contributed by atoms with Gasteiger partial charge < -0.3 is 15.0 Å². The number of carbonyl (C=O) groups excluding carboxylic acids is 1. The second kappa shape index (κ2) is 9.57. The molecule has 1 amide bonds. The van der Waals surface area contributed by atoms with Crippen LogP contribution in [0.1, 0.15) is 27.5 Å². The number of methoxy groups -OCH3 is 1. The predicted octanol–water partition coefficient (Wildman–Crippen LogP) is 3.67. The highest BCUT2D eigenvalue weighted by Gasteiger charge is 2.25. The summed E-state index contributed by atoms with van der Waals surface area (Å²) in [6.45, 7) is 2.34. The van der Waals surface area contributed by atoms with E-state index in [0.717, 1.165) is 11.1 Å². The van der Waals surface area contributed by atoms with Gasteiger partial charge in [0.05, 0.1) is 29.0 Å². The zero-order valence-corrected chi connectivity index (χ0v) is 17.5. The van der Waals surface area contributed by atoms with Crippen molar-refractivity contribution in [3.05, 3.63) is 63.2 Å². The molecule has 0 saturated carbocycles. The number of nitrogens with zero attached hydrogens (tertiary/aromatic N) is 2. The molecule has 0 saturated heterocycles. The Bertz CT molecular complexity index is 853. The largest absolute Gasteiger partial charge is 0.495 e. The molecule has 1 unspecified atom stereocenters. The molecule has 0 aromatic heterocycles. The topological polar surface area (TPSA) is 84.7 Å². The van der Waals surface area contributed by atoms with E-state index in [-0.39, 0.29) is 17.3 Å². The van der Waals surface area contributed by atoms with Crippen LogP contribution in [-0.2, 0) is 0 Å². The Morgan fingerprint density at radius 2 is 1.93 bits per heavy atom. The van der Waals surface area contributed by atoms with Gasteiger partial charge in [-0.25, -0.2) is 0 Å². The lowest BCUT2D eigenvalue weighted by atomic mass is 10.0. The fourth-order valence-corrected chi connectivity index (χ4v) is 3.45. The zero-order valence-electron chi connectivity index (χ0n) is 16.7. The van der Waals surface area contributed by atoms with Crippen LogP contribution in [0.3, 0.4) is 0 Å². The van der Waals surface area contributed by atoms with E-state index < -0.39 is 10.8 Å². The number of benzene rings is 2. The molecule has 150 valence electrons. The van der Waals surface area contributed by atoms with Crippen molar-refractivity contribution in [3.8, 4) is 5.75 Å². The lowest BCUT2D eigenvalue weighted by Gasteiger charge is -2.25. The number of likely N-dealkylation sites (N-methyl/N-ethyl adjacent to an activating group) is 1. The van der Waals surface area contributed by atoms with Crippen molar-refractivity contribution in [1.82, 2.24) is 10.2 Å². The minimum atomic E-state index is -0.565. The molecule has 0 fully saturated rings. The van der Waals surface area contributed by atoms with E-state index in [1.165, 1.54) is 31.0 Å². The number of nitro groups is 1. The van der Waals surface area contributed by atoms with Gasteiger partial charge in [-0.2, -0.15) is 0 Å². The average Bonchev–Trinajstić information content (AvgIpc) is 2.67. The Kier molecular flexibility index (Phi) is 7.42. The monoisotopic (exact) mass is 403 g/mol. The fourth-order valence-electron chi connectivity index (χ4n) is 2.87. The van der Waals surface area contributed by atoms with E-state index in [1.807, 2.05) is 56.4 Å². The Hall–Kier alpha value is -2.58. The lowest BCUT2D eigenvalue weighted by Crippen LogP contribution is -2.34. The van der Waals surface area contributed by atoms with Crippen LogP contribution in [0.5, 0.6) is 5.75 Å². The molecule has 0 aliphatic carbocycles. The van der Waals surface area contributed by atoms with Gasteiger partial charge in [0, 0.05) is 6.54 Å². The number of thioether (sulfide) groups is 1. The summed E-state index contributed by atoms with van der Waals surface area (Å²) in [6, 6.07) is 10.8. The molecule has 2 rings (SSSR count). The van der Waals surface area contributed by atoms with Gasteiger partial charge in [0.25, 0.3) is 11.6 Å². The van der Waals surface area contributed by atoms with Gasteiger partial charge in [0.15, 0.2) is 0 Å². The van der Waals surface area contributed by atoms with Gasteiger partial charge in [0.2, 0.25) is 0 Å². The Morgan fingerprint density at radius 3 is 2.43 bits per heavy atom. The molecule has 28 heavy (non-hydrogen) atoms. The first-order chi connectivity index (χ1) is 13.3. The van der Waals surface area contributed by atoms with Crippen molar-refractivity contribution in [2.75, 3.05) is 34.0 Å². The van der Waals surface area contributed by atoms with Crippen molar-refractivity contribution in [3.63, 3.8) is 0 Å². The summed E-state index contributed by atoms with van der Waals surface area (Å²) in [5.41, 5.74) is 1.97. The average molecular weight is 404 g/mol. The maximum absolute atomic E-state index is 12.8. The van der Waals surface area contributed by atoms with E-state index in [2.05, 4.69) is 5.32 Å². The predicted molar refractivity (Wildman–Crippen MR) is 111 cm³/mol. The number of nitrogens with one attached hydrogen (secondary N) is 1. The summed E-state index contributed by atoms with van der Waals surface area (Å²) >= 11 is 1.36. The molecular formula is C20H25N3O4S. The number of hydrogen-bond donors (Lipinski definition) is 1. The summed E-state index contributed by atoms with van der Waals surface area (Å²) in [5.74, 6) is -0.106. The molecule has 0 spiro atoms. The molecule has 8 heteroatoms. The Morgan fingerprint density at radius 1 is 1.29 bits per heavy atom. The molecule has 1 N–H and O–H groups in total. The summed E-state index contributed by atoms with van der Waals surface area (Å²) in [7, 11) is 5.30. The Labute approximate surface area is 169 Å². The smallest absolute Gasteiger partial charge is 0.285 e. The fraction of sp³-hybridized carbons (Fsp3) is 0.350. The van der Waals surface area contributed by atoms with Crippen LogP contribution in [0.2, 0.25) is 0 Å². The van der Waals surface area contributed by atoms with E-state index in [9.17, 15) is 14.9 Å². The molecule has 0 heterocycles. The maximum atomic E-state index is 12.8. The summed E-state index contributed by atoms with van der Waals surface area (Å²) in [4.78, 5) is 26.3. The summed E-state index contributed by atoms with van der Waals surface area (Å²) < 4.78 is 5.20. The minimum Gasteiger partial charge on any atom is -0.495 e. The molecule has 2 aromatic carbocycles. The molecule has 0 aliphatic heterocycles. The highest BCUT2D eigenvalue weighted by molar-refractivity contribution is 7.98. The third-order valence-electron chi connectivity index (χ3n) is 4.48. The van der Waals surface area contributed by atoms with Crippen molar-refractivity contribution < 1.29 is 14.5 Å². The van der Waals surface area contributed by atoms with Gasteiger partial charge in [-0.3, -0.25) is 14.9 Å². The number of rotatable bonds is 8. The molecule has 0 radical (unpaired) electrons. The van der Waals surface area contributed by atoms with Gasteiger partial charge in [-0.05, 0) is 38.9 Å². The maximum Gasteiger partial charge on any atom is 0.285 e. The van der Waals surface area contributed by atoms with E-state index in [0.29, 0.717) is 17.2 Å². The first kappa shape index (κ1) is 21.7. The quantitative estimate of drug-likeness (QED) is 0.411. The molecule has 1 atom stereocenters. The van der Waals surface area contributed by atoms with Crippen LogP contribution in [0, 0.1) is 17.0 Å². The minimum absolute atomic E-state index is 0.0246. The van der Waals surface area contributed by atoms with Gasteiger partial charge >= 0.3 is 0 Å². The van der Waals surface area contributed by atoms with Gasteiger partial charge in [0.1, 0.15) is 11.3 Å². The number of aryl methyl sites for hydroxylation is 1. The van der Waals surface area contributed by atoms with E-state index >= 15 is 0 Å². The third kappa shape index (κ3) is 5.02. The standard InChI is InChI=1S/C20H25N3O4S/c1-13-6-8-14(9-7-13)17(22(2)3)12-21-20(24)15-10-19(28-5)18(27-4)11-16(15)23(25)26/h6-11,17H,12H2,1-5H3,(H,21,24). The highest BCUT2D eigenvalue weighted by atomic mass is 32.2. The van der Waals surface area contributed by atoms with Crippen LogP contribution in [-0.4, -0.2) is 49.7 Å². The van der Waals surface area contributed by atoms with Crippen LogP contribution in [0.25, 0.3) is 0 Å². The molecule has 0 aliphatic rings. The van der Waals surface area contributed by atoms with E-state index in [4.69, 9.17) is 4.74 Å². The lowest BCUT2D eigenvalue weighted by molar-refractivity contribution is -0.385.